The Morgan fingerprint density at radius 3 is 2.70 bits per heavy atom. The molecule has 8 nitrogen and oxygen atoms in total. The molecule has 2 aromatic carbocycles. The number of ether oxygens (including phenoxy) is 2. The molecular weight excluding hydrogens is 486 g/mol. The Hall–Kier alpha value is -2.95. The lowest BCUT2D eigenvalue weighted by atomic mass is 10.1. The smallest absolute Gasteiger partial charge is 0.266 e. The second kappa shape index (κ2) is 8.12. The van der Waals surface area contributed by atoms with Crippen LogP contribution in [0.5, 0.6) is 11.5 Å². The summed E-state index contributed by atoms with van der Waals surface area (Å²) in [5, 5.41) is 4.50. The summed E-state index contributed by atoms with van der Waals surface area (Å²) in [6.07, 6.45) is 0.391. The monoisotopic (exact) mass is 505 g/mol. The van der Waals surface area contributed by atoms with Gasteiger partial charge in [-0.15, -0.1) is 11.3 Å². The minimum absolute atomic E-state index is 0.105. The van der Waals surface area contributed by atoms with Crippen molar-refractivity contribution in [3.05, 3.63) is 57.6 Å². The molecule has 1 N–H and O–H groups in total. The van der Waals surface area contributed by atoms with Crippen LogP contribution in [-0.4, -0.2) is 34.5 Å². The molecule has 3 heterocycles. The summed E-state index contributed by atoms with van der Waals surface area (Å²) in [6, 6.07) is 11.2. The van der Waals surface area contributed by atoms with E-state index in [4.69, 9.17) is 25.6 Å². The molecule has 5 rings (SSSR count). The molecule has 0 amide bonds. The number of nitrogens with zero attached hydrogens (tertiary/aromatic N) is 2. The van der Waals surface area contributed by atoms with Gasteiger partial charge in [-0.3, -0.25) is 0 Å². The van der Waals surface area contributed by atoms with Gasteiger partial charge in [-0.2, -0.15) is 0 Å². The Morgan fingerprint density at radius 2 is 1.97 bits per heavy atom. The first-order chi connectivity index (χ1) is 15.7. The third-order valence-corrected chi connectivity index (χ3v) is 8.55. The summed E-state index contributed by atoms with van der Waals surface area (Å²) >= 11 is 7.61. The fourth-order valence-electron chi connectivity index (χ4n) is 3.73. The summed E-state index contributed by atoms with van der Waals surface area (Å²) in [4.78, 5) is 2.83. The van der Waals surface area contributed by atoms with Crippen molar-refractivity contribution >= 4 is 54.6 Å². The second-order valence-corrected chi connectivity index (χ2v) is 10.9. The van der Waals surface area contributed by atoms with Crippen LogP contribution in [0.1, 0.15) is 16.1 Å². The van der Waals surface area contributed by atoms with Gasteiger partial charge in [0.15, 0.2) is 11.5 Å². The van der Waals surface area contributed by atoms with E-state index in [0.717, 1.165) is 16.0 Å². The first-order valence-electron chi connectivity index (χ1n) is 9.99. The molecule has 33 heavy (non-hydrogen) atoms. The topological polar surface area (TPSA) is 93.9 Å². The van der Waals surface area contributed by atoms with Crippen molar-refractivity contribution in [2.75, 3.05) is 30.5 Å². The van der Waals surface area contributed by atoms with Crippen LogP contribution >= 0.6 is 22.9 Å². The van der Waals surface area contributed by atoms with Crippen molar-refractivity contribution in [2.45, 2.75) is 18.2 Å². The molecule has 0 saturated carbocycles. The number of rotatable bonds is 6. The molecule has 172 valence electrons. The molecular formula is C22H20ClN3O5S2. The molecule has 0 bridgehead atoms. The molecule has 0 aliphatic carbocycles. The standard InChI is InChI=1S/C22H20ClN3O5S2/c1-12-19(23)22(31-24-12)25-33(27,28)21-14-5-4-6-15(26(2)3)20(14)32-18(21)10-13-7-8-16-17(9-13)30-11-29-16/h4-9,25H,10-11H2,1-3H3. The fourth-order valence-corrected chi connectivity index (χ4v) is 7.06. The van der Waals surface area contributed by atoms with Crippen LogP contribution in [0.15, 0.2) is 45.8 Å². The summed E-state index contributed by atoms with van der Waals surface area (Å²) in [6.45, 7) is 1.81. The first kappa shape index (κ1) is 21.9. The molecule has 1 aliphatic heterocycles. The fraction of sp³-hybridized carbons (Fsp3) is 0.227. The van der Waals surface area contributed by atoms with Gasteiger partial charge in [-0.05, 0) is 30.7 Å². The highest BCUT2D eigenvalue weighted by Crippen LogP contribution is 2.42. The molecule has 0 fully saturated rings. The quantitative estimate of drug-likeness (QED) is 0.392. The lowest BCUT2D eigenvalue weighted by Gasteiger charge is -2.13. The number of aryl methyl sites for hydroxylation is 1. The minimum Gasteiger partial charge on any atom is -0.454 e. The Bertz CT molecular complexity index is 1480. The highest BCUT2D eigenvalue weighted by molar-refractivity contribution is 7.93. The maximum absolute atomic E-state index is 13.6. The Labute approximate surface area is 199 Å². The van der Waals surface area contributed by atoms with Gasteiger partial charge in [-0.1, -0.05) is 35.0 Å². The third kappa shape index (κ3) is 3.88. The van der Waals surface area contributed by atoms with Crippen molar-refractivity contribution in [1.82, 2.24) is 5.16 Å². The number of nitrogens with one attached hydrogen (secondary N) is 1. The van der Waals surface area contributed by atoms with E-state index >= 15 is 0 Å². The van der Waals surface area contributed by atoms with Crippen LogP contribution in [-0.2, 0) is 16.4 Å². The number of benzene rings is 2. The van der Waals surface area contributed by atoms with Gasteiger partial charge in [0.2, 0.25) is 6.79 Å². The molecule has 0 unspecified atom stereocenters. The number of aromatic nitrogens is 1. The van der Waals surface area contributed by atoms with Crippen LogP contribution in [0.3, 0.4) is 0 Å². The maximum Gasteiger partial charge on any atom is 0.266 e. The first-order valence-corrected chi connectivity index (χ1v) is 12.7. The lowest BCUT2D eigenvalue weighted by molar-refractivity contribution is 0.174. The highest BCUT2D eigenvalue weighted by Gasteiger charge is 2.29. The maximum atomic E-state index is 13.6. The molecule has 11 heteroatoms. The van der Waals surface area contributed by atoms with E-state index in [1.54, 1.807) is 6.92 Å². The molecule has 0 atom stereocenters. The van der Waals surface area contributed by atoms with Crippen molar-refractivity contribution in [3.63, 3.8) is 0 Å². The van der Waals surface area contributed by atoms with Gasteiger partial charge >= 0.3 is 0 Å². The van der Waals surface area contributed by atoms with Gasteiger partial charge < -0.3 is 18.9 Å². The highest BCUT2D eigenvalue weighted by atomic mass is 35.5. The molecule has 0 radical (unpaired) electrons. The van der Waals surface area contributed by atoms with Crippen LogP contribution in [0.25, 0.3) is 10.1 Å². The summed E-state index contributed by atoms with van der Waals surface area (Å²) in [7, 11) is -0.191. The number of sulfonamides is 1. The molecule has 0 saturated heterocycles. The van der Waals surface area contributed by atoms with Crippen molar-refractivity contribution < 1.29 is 22.4 Å². The number of thiophene rings is 1. The summed E-state index contributed by atoms with van der Waals surface area (Å²) < 4.78 is 46.6. The van der Waals surface area contributed by atoms with E-state index in [1.165, 1.54) is 11.3 Å². The van der Waals surface area contributed by atoms with Gasteiger partial charge in [0.05, 0.1) is 10.4 Å². The predicted molar refractivity (Wildman–Crippen MR) is 129 cm³/mol. The van der Waals surface area contributed by atoms with Crippen LogP contribution < -0.4 is 19.1 Å². The van der Waals surface area contributed by atoms with Gasteiger partial charge in [-0.25, -0.2) is 13.1 Å². The van der Waals surface area contributed by atoms with E-state index < -0.39 is 10.0 Å². The summed E-state index contributed by atoms with van der Waals surface area (Å²) in [5.74, 6) is 1.22. The zero-order chi connectivity index (χ0) is 23.3. The number of hydrogen-bond acceptors (Lipinski definition) is 8. The molecule has 4 aromatic rings. The minimum atomic E-state index is -4.04. The zero-order valence-corrected chi connectivity index (χ0v) is 20.4. The number of hydrogen-bond donors (Lipinski definition) is 1. The average molecular weight is 506 g/mol. The van der Waals surface area contributed by atoms with Gasteiger partial charge in [0.25, 0.3) is 15.9 Å². The normalized spacial score (nSPS) is 13.0. The number of halogens is 1. The predicted octanol–water partition coefficient (Wildman–Crippen LogP) is 5.04. The Morgan fingerprint density at radius 1 is 1.18 bits per heavy atom. The molecule has 2 aromatic heterocycles. The molecule has 0 spiro atoms. The SMILES string of the molecule is Cc1noc(NS(=O)(=O)c2c(Cc3ccc4c(c3)OCO4)sc3c(N(C)C)cccc23)c1Cl. The van der Waals surface area contributed by atoms with Gasteiger partial charge in [0, 0.05) is 30.8 Å². The Kier molecular flexibility index (Phi) is 5.38. The van der Waals surface area contributed by atoms with E-state index in [-0.39, 0.29) is 22.6 Å². The Balaban J connectivity index is 1.65. The number of anilines is 2. The zero-order valence-electron chi connectivity index (χ0n) is 18.0. The summed E-state index contributed by atoms with van der Waals surface area (Å²) in [5.41, 5.74) is 2.24. The van der Waals surface area contributed by atoms with Crippen molar-refractivity contribution in [3.8, 4) is 11.5 Å². The van der Waals surface area contributed by atoms with E-state index in [1.807, 2.05) is 55.4 Å². The average Bonchev–Trinajstić information content (AvgIpc) is 3.46. The largest absolute Gasteiger partial charge is 0.454 e. The van der Waals surface area contributed by atoms with E-state index in [2.05, 4.69) is 9.88 Å². The molecule has 1 aliphatic rings. The van der Waals surface area contributed by atoms with E-state index in [0.29, 0.717) is 33.9 Å². The van der Waals surface area contributed by atoms with Crippen LogP contribution in [0.4, 0.5) is 11.6 Å². The lowest BCUT2D eigenvalue weighted by Crippen LogP contribution is -2.14. The second-order valence-electron chi connectivity index (χ2n) is 7.78. The van der Waals surface area contributed by atoms with E-state index in [9.17, 15) is 8.42 Å². The van der Waals surface area contributed by atoms with Gasteiger partial charge in [0.1, 0.15) is 15.6 Å². The van der Waals surface area contributed by atoms with Crippen LogP contribution in [0.2, 0.25) is 5.02 Å². The van der Waals surface area contributed by atoms with Crippen molar-refractivity contribution in [2.24, 2.45) is 0 Å². The van der Waals surface area contributed by atoms with Crippen LogP contribution in [0, 0.1) is 6.92 Å². The van der Waals surface area contributed by atoms with Crippen molar-refractivity contribution in [1.29, 1.82) is 0 Å². The third-order valence-electron chi connectivity index (χ3n) is 5.29. The number of fused-ring (bicyclic) bond motifs is 2.